The molecule has 0 radical (unpaired) electrons. The third-order valence-electron chi connectivity index (χ3n) is 1.61. The van der Waals surface area contributed by atoms with E-state index in [-0.39, 0.29) is 18.8 Å². The number of hydrogen-bond donors (Lipinski definition) is 1. The summed E-state index contributed by atoms with van der Waals surface area (Å²) in [6, 6.07) is 0. The van der Waals surface area contributed by atoms with Crippen LogP contribution in [0.25, 0.3) is 0 Å². The first kappa shape index (κ1) is 7.98. The molecule has 60 valence electrons. The van der Waals surface area contributed by atoms with Gasteiger partial charge in [0.05, 0.1) is 19.8 Å². The van der Waals surface area contributed by atoms with Crippen LogP contribution in [0.4, 0.5) is 0 Å². The molecular formula is C7H14O3. The summed E-state index contributed by atoms with van der Waals surface area (Å²) in [7, 11) is 0. The SMILES string of the molecule is CC(CO)C1OCCCO1. The van der Waals surface area contributed by atoms with Gasteiger partial charge < -0.3 is 14.6 Å². The molecule has 0 bridgehead atoms. The molecule has 3 nitrogen and oxygen atoms in total. The molecule has 0 saturated carbocycles. The van der Waals surface area contributed by atoms with Gasteiger partial charge >= 0.3 is 0 Å². The summed E-state index contributed by atoms with van der Waals surface area (Å²) < 4.78 is 10.5. The van der Waals surface area contributed by atoms with Gasteiger partial charge in [0.2, 0.25) is 0 Å². The normalized spacial score (nSPS) is 24.6. The van der Waals surface area contributed by atoms with Crippen LogP contribution in [0.1, 0.15) is 13.3 Å². The maximum absolute atomic E-state index is 8.73. The molecule has 1 fully saturated rings. The molecule has 1 saturated heterocycles. The maximum atomic E-state index is 8.73. The van der Waals surface area contributed by atoms with Gasteiger partial charge in [0.1, 0.15) is 0 Å². The Kier molecular flexibility index (Phi) is 3.12. The third kappa shape index (κ3) is 1.94. The Morgan fingerprint density at radius 3 is 2.60 bits per heavy atom. The lowest BCUT2D eigenvalue weighted by Gasteiger charge is -2.26. The summed E-state index contributed by atoms with van der Waals surface area (Å²) in [4.78, 5) is 0. The van der Waals surface area contributed by atoms with Gasteiger partial charge in [-0.15, -0.1) is 0 Å². The lowest BCUT2D eigenvalue weighted by atomic mass is 10.2. The summed E-state index contributed by atoms with van der Waals surface area (Å²) in [6.07, 6.45) is 0.785. The standard InChI is InChI=1S/C7H14O3/c1-6(5-8)7-9-3-2-4-10-7/h6-8H,2-5H2,1H3. The highest BCUT2D eigenvalue weighted by molar-refractivity contribution is 4.58. The van der Waals surface area contributed by atoms with Gasteiger partial charge in [-0.25, -0.2) is 0 Å². The van der Waals surface area contributed by atoms with Crippen LogP contribution in [-0.4, -0.2) is 31.2 Å². The zero-order valence-electron chi connectivity index (χ0n) is 6.25. The van der Waals surface area contributed by atoms with Crippen molar-refractivity contribution >= 4 is 0 Å². The minimum Gasteiger partial charge on any atom is -0.396 e. The van der Waals surface area contributed by atoms with Crippen LogP contribution in [0.2, 0.25) is 0 Å². The van der Waals surface area contributed by atoms with Crippen molar-refractivity contribution in [2.75, 3.05) is 19.8 Å². The summed E-state index contributed by atoms with van der Waals surface area (Å²) in [6.45, 7) is 3.56. The van der Waals surface area contributed by atoms with Crippen LogP contribution in [0.5, 0.6) is 0 Å². The minimum atomic E-state index is -0.182. The van der Waals surface area contributed by atoms with E-state index in [9.17, 15) is 0 Å². The van der Waals surface area contributed by atoms with E-state index in [4.69, 9.17) is 14.6 Å². The van der Waals surface area contributed by atoms with E-state index in [1.807, 2.05) is 6.92 Å². The van der Waals surface area contributed by atoms with Crippen molar-refractivity contribution in [3.63, 3.8) is 0 Å². The maximum Gasteiger partial charge on any atom is 0.162 e. The zero-order chi connectivity index (χ0) is 7.40. The average Bonchev–Trinajstić information content (AvgIpc) is 2.05. The second-order valence-electron chi connectivity index (χ2n) is 2.62. The lowest BCUT2D eigenvalue weighted by molar-refractivity contribution is -0.206. The second kappa shape index (κ2) is 3.91. The predicted octanol–water partition coefficient (Wildman–Crippen LogP) is 0.378. The number of hydrogen-bond acceptors (Lipinski definition) is 3. The fourth-order valence-electron chi connectivity index (χ4n) is 0.921. The van der Waals surface area contributed by atoms with Crippen molar-refractivity contribution in [1.29, 1.82) is 0 Å². The predicted molar refractivity (Wildman–Crippen MR) is 36.6 cm³/mol. The number of aliphatic hydroxyl groups excluding tert-OH is 1. The number of ether oxygens (including phenoxy) is 2. The average molecular weight is 146 g/mol. The highest BCUT2D eigenvalue weighted by atomic mass is 16.7. The summed E-state index contributed by atoms with van der Waals surface area (Å²) >= 11 is 0. The Morgan fingerprint density at radius 2 is 2.10 bits per heavy atom. The van der Waals surface area contributed by atoms with E-state index in [1.54, 1.807) is 0 Å². The molecule has 0 aromatic heterocycles. The monoisotopic (exact) mass is 146 g/mol. The molecule has 1 aliphatic rings. The first-order chi connectivity index (χ1) is 4.84. The van der Waals surface area contributed by atoms with E-state index in [1.165, 1.54) is 0 Å². The Balaban J connectivity index is 2.24. The molecule has 0 amide bonds. The van der Waals surface area contributed by atoms with Crippen molar-refractivity contribution in [3.8, 4) is 0 Å². The quantitative estimate of drug-likeness (QED) is 0.612. The van der Waals surface area contributed by atoms with Crippen LogP contribution in [-0.2, 0) is 9.47 Å². The van der Waals surface area contributed by atoms with E-state index in [0.717, 1.165) is 19.6 Å². The van der Waals surface area contributed by atoms with Gasteiger partial charge in [0.15, 0.2) is 6.29 Å². The topological polar surface area (TPSA) is 38.7 Å². The number of rotatable bonds is 2. The lowest BCUT2D eigenvalue weighted by Crippen LogP contribution is -2.32. The van der Waals surface area contributed by atoms with E-state index in [0.29, 0.717) is 0 Å². The molecule has 3 heteroatoms. The van der Waals surface area contributed by atoms with Gasteiger partial charge in [-0.3, -0.25) is 0 Å². The first-order valence-electron chi connectivity index (χ1n) is 3.68. The van der Waals surface area contributed by atoms with E-state index < -0.39 is 0 Å². The van der Waals surface area contributed by atoms with Crippen molar-refractivity contribution in [3.05, 3.63) is 0 Å². The zero-order valence-corrected chi connectivity index (χ0v) is 6.25. The van der Waals surface area contributed by atoms with Crippen molar-refractivity contribution in [2.24, 2.45) is 5.92 Å². The molecule has 1 rings (SSSR count). The molecule has 0 spiro atoms. The molecule has 10 heavy (non-hydrogen) atoms. The van der Waals surface area contributed by atoms with Crippen LogP contribution in [0.15, 0.2) is 0 Å². The Hall–Kier alpha value is -0.120. The Labute approximate surface area is 60.9 Å². The van der Waals surface area contributed by atoms with Gasteiger partial charge in [-0.2, -0.15) is 0 Å². The summed E-state index contributed by atoms with van der Waals surface area (Å²) in [5, 5.41) is 8.73. The molecule has 1 N–H and O–H groups in total. The van der Waals surface area contributed by atoms with Gasteiger partial charge in [0, 0.05) is 5.92 Å². The smallest absolute Gasteiger partial charge is 0.162 e. The van der Waals surface area contributed by atoms with Crippen molar-refractivity contribution in [2.45, 2.75) is 19.6 Å². The van der Waals surface area contributed by atoms with Crippen molar-refractivity contribution in [1.82, 2.24) is 0 Å². The summed E-state index contributed by atoms with van der Waals surface area (Å²) in [5.74, 6) is 0.0975. The van der Waals surface area contributed by atoms with Gasteiger partial charge in [-0.1, -0.05) is 6.92 Å². The fraction of sp³-hybridized carbons (Fsp3) is 1.00. The van der Waals surface area contributed by atoms with Crippen molar-refractivity contribution < 1.29 is 14.6 Å². The van der Waals surface area contributed by atoms with E-state index >= 15 is 0 Å². The molecule has 1 atom stereocenters. The molecule has 0 aromatic rings. The molecule has 0 aromatic carbocycles. The van der Waals surface area contributed by atoms with E-state index in [2.05, 4.69) is 0 Å². The highest BCUT2D eigenvalue weighted by Crippen LogP contribution is 2.12. The largest absolute Gasteiger partial charge is 0.396 e. The van der Waals surface area contributed by atoms with Gasteiger partial charge in [-0.05, 0) is 6.42 Å². The molecule has 1 unspecified atom stereocenters. The van der Waals surface area contributed by atoms with Crippen LogP contribution >= 0.6 is 0 Å². The minimum absolute atomic E-state index is 0.0975. The molecule has 0 aliphatic carbocycles. The second-order valence-corrected chi connectivity index (χ2v) is 2.62. The molecular weight excluding hydrogens is 132 g/mol. The fourth-order valence-corrected chi connectivity index (χ4v) is 0.921. The van der Waals surface area contributed by atoms with Crippen LogP contribution in [0, 0.1) is 5.92 Å². The van der Waals surface area contributed by atoms with Crippen LogP contribution < -0.4 is 0 Å². The summed E-state index contributed by atoms with van der Waals surface area (Å²) in [5.41, 5.74) is 0. The number of aliphatic hydroxyl groups is 1. The Bertz CT molecular complexity index is 88.9. The molecule has 1 aliphatic heterocycles. The van der Waals surface area contributed by atoms with Gasteiger partial charge in [0.25, 0.3) is 0 Å². The Morgan fingerprint density at radius 1 is 1.50 bits per heavy atom. The highest BCUT2D eigenvalue weighted by Gasteiger charge is 2.20. The van der Waals surface area contributed by atoms with Crippen LogP contribution in [0.3, 0.4) is 0 Å². The first-order valence-corrected chi connectivity index (χ1v) is 3.68. The third-order valence-corrected chi connectivity index (χ3v) is 1.61. The molecule has 1 heterocycles.